The van der Waals surface area contributed by atoms with Crippen molar-refractivity contribution >= 4 is 21.7 Å². The first-order valence-electron chi connectivity index (χ1n) is 6.98. The summed E-state index contributed by atoms with van der Waals surface area (Å²) >= 11 is 3.90. The third-order valence-corrected chi connectivity index (χ3v) is 9.19. The lowest BCUT2D eigenvalue weighted by Crippen LogP contribution is -2.84. The van der Waals surface area contributed by atoms with Crippen LogP contribution in [-0.4, -0.2) is 10.6 Å². The summed E-state index contributed by atoms with van der Waals surface area (Å²) in [6, 6.07) is 0. The van der Waals surface area contributed by atoms with Crippen LogP contribution in [0.3, 0.4) is 0 Å². The lowest BCUT2D eigenvalue weighted by molar-refractivity contribution is -0.360. The summed E-state index contributed by atoms with van der Waals surface area (Å²) in [7, 11) is 0. The fourth-order valence-electron chi connectivity index (χ4n) is 6.42. The van der Waals surface area contributed by atoms with Crippen molar-refractivity contribution in [2.24, 2.45) is 27.6 Å². The zero-order valence-electron chi connectivity index (χ0n) is 11.0. The number of ketones is 1. The zero-order valence-corrected chi connectivity index (χ0v) is 12.6. The van der Waals surface area contributed by atoms with Crippen LogP contribution in [0.4, 0.5) is 0 Å². The van der Waals surface area contributed by atoms with Gasteiger partial charge in [-0.25, -0.2) is 0 Å². The van der Waals surface area contributed by atoms with E-state index in [4.69, 9.17) is 0 Å². The van der Waals surface area contributed by atoms with Crippen LogP contribution in [0.5, 0.6) is 0 Å². The second-order valence-corrected chi connectivity index (χ2v) is 9.02. The SMILES string of the molecule is CC1(C)[C@H](Br)CC[C@]23C[C@]4(C)C(=O)C[C@]12CC34. The third kappa shape index (κ3) is 0.786. The van der Waals surface area contributed by atoms with Gasteiger partial charge in [0.15, 0.2) is 0 Å². The molecule has 0 heterocycles. The molecular weight excluding hydrogens is 276 g/mol. The average Bonchev–Trinajstić information content (AvgIpc) is 2.24. The molecule has 0 aromatic carbocycles. The van der Waals surface area contributed by atoms with Gasteiger partial charge in [0, 0.05) is 16.7 Å². The van der Waals surface area contributed by atoms with E-state index in [0.29, 0.717) is 26.9 Å². The van der Waals surface area contributed by atoms with Crippen molar-refractivity contribution in [1.82, 2.24) is 0 Å². The first-order valence-corrected chi connectivity index (χ1v) is 7.89. The number of fused-ring (bicyclic) bond motifs is 1. The van der Waals surface area contributed by atoms with Crippen molar-refractivity contribution in [3.05, 3.63) is 0 Å². The van der Waals surface area contributed by atoms with Gasteiger partial charge >= 0.3 is 0 Å². The molecule has 5 aliphatic carbocycles. The molecule has 17 heavy (non-hydrogen) atoms. The number of halogens is 1. The molecule has 0 aromatic rings. The quantitative estimate of drug-likeness (QED) is 0.619. The summed E-state index contributed by atoms with van der Waals surface area (Å²) in [4.78, 5) is 13.0. The highest BCUT2D eigenvalue weighted by Gasteiger charge is 2.86. The number of carbonyl (C=O) groups excluding carboxylic acids is 1. The molecule has 2 heteroatoms. The van der Waals surface area contributed by atoms with Gasteiger partial charge in [-0.2, -0.15) is 0 Å². The molecule has 0 N–H and O–H groups in total. The molecule has 4 bridgehead atoms. The lowest BCUT2D eigenvalue weighted by Gasteiger charge is -2.87. The second-order valence-electron chi connectivity index (χ2n) is 7.92. The Bertz CT molecular complexity index is 442. The van der Waals surface area contributed by atoms with Crippen molar-refractivity contribution in [3.8, 4) is 0 Å². The van der Waals surface area contributed by atoms with Gasteiger partial charge in [-0.1, -0.05) is 36.7 Å². The van der Waals surface area contributed by atoms with Gasteiger partial charge in [-0.05, 0) is 47.8 Å². The molecule has 5 fully saturated rings. The van der Waals surface area contributed by atoms with Crippen LogP contribution < -0.4 is 0 Å². The maximum absolute atomic E-state index is 12.4. The van der Waals surface area contributed by atoms with Crippen LogP contribution in [0.2, 0.25) is 0 Å². The Kier molecular flexibility index (Phi) is 1.65. The molecule has 1 nitrogen and oxygen atoms in total. The maximum atomic E-state index is 12.4. The number of Topliss-reactive ketones (excluding diaryl/α,β-unsaturated/α-hetero) is 1. The summed E-state index contributed by atoms with van der Waals surface area (Å²) in [5.41, 5.74) is 1.27. The molecular formula is C15H21BrO. The lowest BCUT2D eigenvalue weighted by atomic mass is 9.16. The molecule has 0 aliphatic heterocycles. The van der Waals surface area contributed by atoms with Crippen LogP contribution in [0.15, 0.2) is 0 Å². The van der Waals surface area contributed by atoms with Crippen LogP contribution >= 0.6 is 15.9 Å². The van der Waals surface area contributed by atoms with E-state index in [0.717, 1.165) is 12.3 Å². The minimum Gasteiger partial charge on any atom is -0.299 e. The van der Waals surface area contributed by atoms with Gasteiger partial charge in [-0.15, -0.1) is 0 Å². The molecule has 0 saturated heterocycles. The molecule has 0 radical (unpaired) electrons. The van der Waals surface area contributed by atoms with Crippen LogP contribution in [-0.2, 0) is 4.79 Å². The van der Waals surface area contributed by atoms with Crippen molar-refractivity contribution in [2.45, 2.75) is 57.7 Å². The highest BCUT2D eigenvalue weighted by Crippen LogP contribution is 2.90. The van der Waals surface area contributed by atoms with Crippen LogP contribution in [0.25, 0.3) is 0 Å². The fourth-order valence-corrected chi connectivity index (χ4v) is 7.09. The Balaban J connectivity index is 1.86. The molecule has 5 rings (SSSR count). The van der Waals surface area contributed by atoms with Gasteiger partial charge in [0.05, 0.1) is 0 Å². The number of alkyl halides is 1. The molecule has 5 aliphatic rings. The largest absolute Gasteiger partial charge is 0.299 e. The highest BCUT2D eigenvalue weighted by molar-refractivity contribution is 9.09. The van der Waals surface area contributed by atoms with Gasteiger partial charge in [0.2, 0.25) is 0 Å². The highest BCUT2D eigenvalue weighted by atomic mass is 79.9. The van der Waals surface area contributed by atoms with E-state index in [1.165, 1.54) is 25.7 Å². The monoisotopic (exact) mass is 296 g/mol. The van der Waals surface area contributed by atoms with Gasteiger partial charge < -0.3 is 0 Å². The van der Waals surface area contributed by atoms with E-state index in [9.17, 15) is 4.79 Å². The van der Waals surface area contributed by atoms with Crippen molar-refractivity contribution in [1.29, 1.82) is 0 Å². The van der Waals surface area contributed by atoms with Crippen LogP contribution in [0, 0.1) is 27.6 Å². The van der Waals surface area contributed by atoms with Crippen molar-refractivity contribution in [2.75, 3.05) is 0 Å². The predicted octanol–water partition coefficient (Wildman–Crippen LogP) is 3.95. The predicted molar refractivity (Wildman–Crippen MR) is 71.1 cm³/mol. The number of rotatable bonds is 0. The van der Waals surface area contributed by atoms with E-state index < -0.39 is 0 Å². The summed E-state index contributed by atoms with van der Waals surface area (Å²) in [6.07, 6.45) is 6.06. The van der Waals surface area contributed by atoms with Gasteiger partial charge in [0.1, 0.15) is 5.78 Å². The van der Waals surface area contributed by atoms with Gasteiger partial charge in [0.25, 0.3) is 0 Å². The normalized spacial score (nSPS) is 62.2. The smallest absolute Gasteiger partial charge is 0.139 e. The maximum Gasteiger partial charge on any atom is 0.139 e. The Labute approximate surface area is 112 Å². The molecule has 5 saturated carbocycles. The van der Waals surface area contributed by atoms with E-state index in [1.807, 2.05) is 0 Å². The number of carbonyl (C=O) groups is 1. The first kappa shape index (κ1) is 11.0. The van der Waals surface area contributed by atoms with E-state index in [1.54, 1.807) is 0 Å². The summed E-state index contributed by atoms with van der Waals surface area (Å²) in [6.45, 7) is 7.04. The molecule has 0 amide bonds. The molecule has 1 unspecified atom stereocenters. The molecule has 0 aromatic heterocycles. The first-order chi connectivity index (χ1) is 7.80. The average molecular weight is 297 g/mol. The number of hydrogen-bond donors (Lipinski definition) is 0. The second kappa shape index (κ2) is 2.55. The van der Waals surface area contributed by atoms with Crippen molar-refractivity contribution < 1.29 is 4.79 Å². The van der Waals surface area contributed by atoms with E-state index in [2.05, 4.69) is 36.7 Å². The topological polar surface area (TPSA) is 17.1 Å². The minimum absolute atomic E-state index is 0.0803. The Morgan fingerprint density at radius 1 is 1.29 bits per heavy atom. The summed E-state index contributed by atoms with van der Waals surface area (Å²) < 4.78 is 0. The standard InChI is InChI=1S/C15H21BrO/c1-12(2)10(16)4-5-14-8-13(3)9(14)6-15(12,14)7-11(13)17/h9-10H,4-8H2,1-3H3/t9?,10-,13+,14-,15-/m1/s1. The van der Waals surface area contributed by atoms with Gasteiger partial charge in [-0.3, -0.25) is 4.79 Å². The molecule has 94 valence electrons. The molecule has 2 spiro atoms. The zero-order chi connectivity index (χ0) is 12.3. The third-order valence-electron chi connectivity index (χ3n) is 7.58. The van der Waals surface area contributed by atoms with E-state index in [-0.39, 0.29) is 5.41 Å². The Morgan fingerprint density at radius 2 is 2.00 bits per heavy atom. The summed E-state index contributed by atoms with van der Waals surface area (Å²) in [5, 5.41) is 0. The van der Waals surface area contributed by atoms with Crippen LogP contribution in [0.1, 0.15) is 52.9 Å². The summed E-state index contributed by atoms with van der Waals surface area (Å²) in [5.74, 6) is 1.31. The number of hydrogen-bond acceptors (Lipinski definition) is 1. The molecule has 5 atom stereocenters. The fraction of sp³-hybridized carbons (Fsp3) is 0.933. The Hall–Kier alpha value is 0.150. The Morgan fingerprint density at radius 3 is 2.65 bits per heavy atom. The van der Waals surface area contributed by atoms with Crippen molar-refractivity contribution in [3.63, 3.8) is 0 Å². The minimum atomic E-state index is 0.0803. The van der Waals surface area contributed by atoms with E-state index >= 15 is 0 Å².